The van der Waals surface area contributed by atoms with Gasteiger partial charge in [-0.05, 0) is 12.1 Å². The Morgan fingerprint density at radius 1 is 1.00 bits per heavy atom. The van der Waals surface area contributed by atoms with Gasteiger partial charge in [0.2, 0.25) is 0 Å². The first-order chi connectivity index (χ1) is 7.43. The Morgan fingerprint density at radius 3 is 2.67 bits per heavy atom. The third-order valence-electron chi connectivity index (χ3n) is 2.08. The zero-order chi connectivity index (χ0) is 10.1. The van der Waals surface area contributed by atoms with Crippen molar-refractivity contribution in [1.82, 2.24) is 24.6 Å². The van der Waals surface area contributed by atoms with E-state index in [0.29, 0.717) is 5.82 Å². The van der Waals surface area contributed by atoms with Crippen LogP contribution in [0.25, 0.3) is 17.0 Å². The summed E-state index contributed by atoms with van der Waals surface area (Å²) in [6, 6.07) is 3.75. The Morgan fingerprint density at radius 2 is 1.87 bits per heavy atom. The molecule has 3 aromatic rings. The molecule has 3 aromatic heterocycles. The van der Waals surface area contributed by atoms with Gasteiger partial charge >= 0.3 is 0 Å². The van der Waals surface area contributed by atoms with Crippen LogP contribution in [0.2, 0.25) is 0 Å². The fraction of sp³-hybridized carbons (Fsp3) is 0. The molecule has 0 aliphatic carbocycles. The van der Waals surface area contributed by atoms with Gasteiger partial charge in [0.1, 0.15) is 0 Å². The fourth-order valence-corrected chi connectivity index (χ4v) is 1.37. The predicted molar refractivity (Wildman–Crippen MR) is 54.0 cm³/mol. The van der Waals surface area contributed by atoms with E-state index in [1.54, 1.807) is 35.5 Å². The molecular formula is C10H7N5. The summed E-state index contributed by atoms with van der Waals surface area (Å²) in [4.78, 5) is 12.3. The Kier molecular flexibility index (Phi) is 1.68. The predicted octanol–water partition coefficient (Wildman–Crippen LogP) is 1.19. The van der Waals surface area contributed by atoms with Gasteiger partial charge < -0.3 is 0 Å². The van der Waals surface area contributed by atoms with Gasteiger partial charge in [-0.1, -0.05) is 0 Å². The molecule has 72 valence electrons. The highest BCUT2D eigenvalue weighted by Crippen LogP contribution is 2.13. The summed E-state index contributed by atoms with van der Waals surface area (Å²) in [5, 5.41) is 4.32. The van der Waals surface area contributed by atoms with Gasteiger partial charge in [0, 0.05) is 30.4 Å². The number of pyridine rings is 1. The van der Waals surface area contributed by atoms with Crippen LogP contribution in [-0.2, 0) is 0 Å². The van der Waals surface area contributed by atoms with Crippen molar-refractivity contribution in [1.29, 1.82) is 0 Å². The van der Waals surface area contributed by atoms with Gasteiger partial charge in [0.15, 0.2) is 11.5 Å². The quantitative estimate of drug-likeness (QED) is 0.588. The third kappa shape index (κ3) is 1.34. The molecule has 0 aliphatic heterocycles. The average Bonchev–Trinajstić information content (AvgIpc) is 2.74. The Bertz CT molecular complexity index is 554. The maximum absolute atomic E-state index is 4.34. The van der Waals surface area contributed by atoms with Crippen molar-refractivity contribution in [2.75, 3.05) is 0 Å². The van der Waals surface area contributed by atoms with Crippen LogP contribution >= 0.6 is 0 Å². The normalized spacial score (nSPS) is 10.7. The molecule has 0 unspecified atom stereocenters. The molecule has 5 nitrogen and oxygen atoms in total. The minimum atomic E-state index is 0.686. The Labute approximate surface area is 85.5 Å². The van der Waals surface area contributed by atoms with Gasteiger partial charge in [0.05, 0.1) is 6.20 Å². The van der Waals surface area contributed by atoms with Crippen LogP contribution < -0.4 is 0 Å². The maximum atomic E-state index is 4.34. The molecule has 5 heteroatoms. The second-order valence-corrected chi connectivity index (χ2v) is 3.05. The van der Waals surface area contributed by atoms with E-state index in [1.807, 2.05) is 12.1 Å². The van der Waals surface area contributed by atoms with Crippen LogP contribution in [0, 0.1) is 0 Å². The first-order valence-electron chi connectivity index (χ1n) is 4.50. The molecule has 0 amide bonds. The highest BCUT2D eigenvalue weighted by Gasteiger charge is 2.04. The van der Waals surface area contributed by atoms with Crippen molar-refractivity contribution in [3.63, 3.8) is 0 Å². The number of aromatic nitrogens is 5. The van der Waals surface area contributed by atoms with Crippen molar-refractivity contribution < 1.29 is 0 Å². The molecule has 3 rings (SSSR count). The first kappa shape index (κ1) is 8.05. The third-order valence-corrected chi connectivity index (χ3v) is 2.08. The van der Waals surface area contributed by atoms with Crippen molar-refractivity contribution >= 4 is 5.65 Å². The molecule has 0 aliphatic rings. The Hall–Kier alpha value is -2.30. The van der Waals surface area contributed by atoms with E-state index in [-0.39, 0.29) is 0 Å². The summed E-state index contributed by atoms with van der Waals surface area (Å²) in [7, 11) is 0. The summed E-state index contributed by atoms with van der Waals surface area (Å²) >= 11 is 0. The number of rotatable bonds is 1. The van der Waals surface area contributed by atoms with Crippen LogP contribution in [0.3, 0.4) is 0 Å². The smallest absolute Gasteiger partial charge is 0.182 e. The van der Waals surface area contributed by atoms with E-state index < -0.39 is 0 Å². The van der Waals surface area contributed by atoms with Gasteiger partial charge in [0.25, 0.3) is 0 Å². The van der Waals surface area contributed by atoms with Crippen LogP contribution in [0.4, 0.5) is 0 Å². The summed E-state index contributed by atoms with van der Waals surface area (Å²) in [5.41, 5.74) is 1.69. The van der Waals surface area contributed by atoms with Crippen molar-refractivity contribution in [3.05, 3.63) is 43.1 Å². The zero-order valence-electron chi connectivity index (χ0n) is 7.78. The van der Waals surface area contributed by atoms with Gasteiger partial charge in [-0.25, -0.2) is 9.50 Å². The highest BCUT2D eigenvalue weighted by molar-refractivity contribution is 5.56. The summed E-state index contributed by atoms with van der Waals surface area (Å²) in [5.74, 6) is 0.686. The summed E-state index contributed by atoms with van der Waals surface area (Å²) < 4.78 is 1.70. The fourth-order valence-electron chi connectivity index (χ4n) is 1.37. The summed E-state index contributed by atoms with van der Waals surface area (Å²) in [6.45, 7) is 0. The van der Waals surface area contributed by atoms with E-state index in [4.69, 9.17) is 0 Å². The molecule has 0 aromatic carbocycles. The van der Waals surface area contributed by atoms with Crippen LogP contribution in [0.15, 0.2) is 43.1 Å². The zero-order valence-corrected chi connectivity index (χ0v) is 7.78. The highest BCUT2D eigenvalue weighted by atomic mass is 15.3. The SMILES string of the molecule is c1cc(-c2nc3cnccn3n2)ccn1. The molecule has 0 radical (unpaired) electrons. The van der Waals surface area contributed by atoms with E-state index in [1.165, 1.54) is 0 Å². The van der Waals surface area contributed by atoms with E-state index >= 15 is 0 Å². The largest absolute Gasteiger partial charge is 0.265 e. The van der Waals surface area contributed by atoms with Gasteiger partial charge in [-0.15, -0.1) is 5.10 Å². The topological polar surface area (TPSA) is 56.0 Å². The molecule has 0 atom stereocenters. The van der Waals surface area contributed by atoms with Crippen molar-refractivity contribution in [2.45, 2.75) is 0 Å². The molecule has 0 spiro atoms. The van der Waals surface area contributed by atoms with Crippen molar-refractivity contribution in [2.24, 2.45) is 0 Å². The van der Waals surface area contributed by atoms with Crippen LogP contribution in [0.1, 0.15) is 0 Å². The minimum absolute atomic E-state index is 0.686. The number of hydrogen-bond acceptors (Lipinski definition) is 4. The number of fused-ring (bicyclic) bond motifs is 1. The standard InChI is InChI=1S/C10H7N5/c1-3-11-4-2-8(1)10-13-9-7-12-5-6-15(9)14-10/h1-7H. The molecular weight excluding hydrogens is 190 g/mol. The lowest BCUT2D eigenvalue weighted by molar-refractivity contribution is 0.950. The molecule has 0 bridgehead atoms. The first-order valence-corrected chi connectivity index (χ1v) is 4.50. The number of nitrogens with zero attached hydrogens (tertiary/aromatic N) is 5. The lowest BCUT2D eigenvalue weighted by Crippen LogP contribution is -1.86. The molecule has 0 N–H and O–H groups in total. The molecule has 0 saturated heterocycles. The molecule has 0 saturated carbocycles. The van der Waals surface area contributed by atoms with Gasteiger partial charge in [-0.2, -0.15) is 0 Å². The lowest BCUT2D eigenvalue weighted by Gasteiger charge is -1.90. The summed E-state index contributed by atoms with van der Waals surface area (Å²) in [6.07, 6.45) is 8.57. The Balaban J connectivity index is 2.21. The van der Waals surface area contributed by atoms with E-state index in [2.05, 4.69) is 20.1 Å². The second-order valence-electron chi connectivity index (χ2n) is 3.05. The van der Waals surface area contributed by atoms with E-state index in [0.717, 1.165) is 11.2 Å². The second kappa shape index (κ2) is 3.13. The van der Waals surface area contributed by atoms with Crippen LogP contribution in [-0.4, -0.2) is 24.6 Å². The molecule has 3 heterocycles. The monoisotopic (exact) mass is 197 g/mol. The van der Waals surface area contributed by atoms with Crippen molar-refractivity contribution in [3.8, 4) is 11.4 Å². The molecule has 0 fully saturated rings. The lowest BCUT2D eigenvalue weighted by atomic mass is 10.3. The maximum Gasteiger partial charge on any atom is 0.182 e. The van der Waals surface area contributed by atoms with Gasteiger partial charge in [-0.3, -0.25) is 9.97 Å². The number of hydrogen-bond donors (Lipinski definition) is 0. The minimum Gasteiger partial charge on any atom is -0.265 e. The molecule has 15 heavy (non-hydrogen) atoms. The average molecular weight is 197 g/mol. The van der Waals surface area contributed by atoms with E-state index in [9.17, 15) is 0 Å². The van der Waals surface area contributed by atoms with Crippen LogP contribution in [0.5, 0.6) is 0 Å².